The predicted octanol–water partition coefficient (Wildman–Crippen LogP) is -0.229. The summed E-state index contributed by atoms with van der Waals surface area (Å²) in [6, 6.07) is 0. The highest BCUT2D eigenvalue weighted by Gasteiger charge is 2.09. The normalized spacial score (nSPS) is 10.5. The maximum Gasteiger partial charge on any atom is 0.373 e. The van der Waals surface area contributed by atoms with Crippen molar-refractivity contribution in [3.63, 3.8) is 0 Å². The van der Waals surface area contributed by atoms with Gasteiger partial charge >= 0.3 is 6.15 Å². The first-order valence-electron chi connectivity index (χ1n) is 2.52. The van der Waals surface area contributed by atoms with Crippen molar-refractivity contribution in [1.29, 1.82) is 0 Å². The maximum absolute atomic E-state index is 10.3. The average molecular weight is 180 g/mol. The van der Waals surface area contributed by atoms with Crippen LogP contribution in [0.1, 0.15) is 6.92 Å². The minimum absolute atomic E-state index is 0.137. The van der Waals surface area contributed by atoms with Crippen molar-refractivity contribution in [2.75, 3.05) is 7.11 Å². The quantitative estimate of drug-likeness (QED) is 0.443. The fraction of sp³-hybridized carbons (Fsp3) is 0.600. The third-order valence-electron chi connectivity index (χ3n) is 0.670. The molecule has 0 heterocycles. The standard InChI is InChI=1S/C4H9O3P.CO2/c1-3(5)4(6-2)7-8;2-1-3/h4H,8H2,1-2H3;. The van der Waals surface area contributed by atoms with Crippen LogP contribution < -0.4 is 0 Å². The van der Waals surface area contributed by atoms with E-state index < -0.39 is 6.29 Å². The van der Waals surface area contributed by atoms with Crippen LogP contribution >= 0.6 is 9.47 Å². The lowest BCUT2D eigenvalue weighted by Gasteiger charge is -2.06. The molecule has 2 unspecified atom stereocenters. The van der Waals surface area contributed by atoms with Crippen LogP contribution in [0, 0.1) is 0 Å². The van der Waals surface area contributed by atoms with E-state index in [1.54, 1.807) is 0 Å². The molecule has 0 rings (SSSR count). The van der Waals surface area contributed by atoms with E-state index in [0.717, 1.165) is 0 Å². The molecule has 0 radical (unpaired) electrons. The summed E-state index contributed by atoms with van der Waals surface area (Å²) in [7, 11) is 3.37. The highest BCUT2D eigenvalue weighted by Crippen LogP contribution is 1.98. The number of methoxy groups -OCH3 is 1. The van der Waals surface area contributed by atoms with Crippen LogP contribution in [0.15, 0.2) is 0 Å². The Morgan fingerprint density at radius 2 is 1.91 bits per heavy atom. The van der Waals surface area contributed by atoms with E-state index in [9.17, 15) is 4.79 Å². The van der Waals surface area contributed by atoms with Gasteiger partial charge in [-0.25, -0.2) is 0 Å². The third kappa shape index (κ3) is 9.40. The molecule has 0 saturated carbocycles. The minimum atomic E-state index is -0.722. The first-order chi connectivity index (χ1) is 5.13. The number of ether oxygens (including phenoxy) is 1. The first-order valence-corrected chi connectivity index (χ1v) is 2.99. The molecule has 0 aromatic carbocycles. The molecule has 0 aliphatic rings. The molecule has 0 aromatic rings. The molecular formula is C5H9O5P. The fourth-order valence-corrected chi connectivity index (χ4v) is 0.620. The number of rotatable bonds is 3. The van der Waals surface area contributed by atoms with Gasteiger partial charge in [0.15, 0.2) is 5.78 Å². The molecule has 0 amide bonds. The van der Waals surface area contributed by atoms with Crippen molar-refractivity contribution >= 4 is 21.4 Å². The van der Waals surface area contributed by atoms with Gasteiger partial charge in [0.2, 0.25) is 6.29 Å². The van der Waals surface area contributed by atoms with Crippen LogP contribution in [-0.4, -0.2) is 25.3 Å². The molecule has 11 heavy (non-hydrogen) atoms. The molecule has 0 N–H and O–H groups in total. The highest BCUT2D eigenvalue weighted by atomic mass is 31.0. The van der Waals surface area contributed by atoms with E-state index in [2.05, 4.69) is 9.26 Å². The monoisotopic (exact) mass is 180 g/mol. The van der Waals surface area contributed by atoms with Gasteiger partial charge in [-0.3, -0.25) is 4.79 Å². The molecule has 0 aliphatic heterocycles. The molecule has 0 fully saturated rings. The smallest absolute Gasteiger partial charge is 0.349 e. The second-order valence-corrected chi connectivity index (χ2v) is 1.67. The Kier molecular flexibility index (Phi) is 11.1. The summed E-state index contributed by atoms with van der Waals surface area (Å²) in [5.41, 5.74) is 0. The van der Waals surface area contributed by atoms with E-state index >= 15 is 0 Å². The molecule has 2 atom stereocenters. The predicted molar refractivity (Wildman–Crippen MR) is 37.3 cm³/mol. The molecule has 0 aromatic heterocycles. The Labute approximate surface area is 66.3 Å². The van der Waals surface area contributed by atoms with Gasteiger partial charge < -0.3 is 9.26 Å². The van der Waals surface area contributed by atoms with Crippen molar-refractivity contribution in [2.24, 2.45) is 0 Å². The van der Waals surface area contributed by atoms with E-state index in [1.807, 2.05) is 9.47 Å². The van der Waals surface area contributed by atoms with Gasteiger partial charge in [-0.2, -0.15) is 9.59 Å². The molecule has 64 valence electrons. The molecular weight excluding hydrogens is 171 g/mol. The lowest BCUT2D eigenvalue weighted by Crippen LogP contribution is -2.19. The average Bonchev–Trinajstić information content (AvgIpc) is 1.91. The second kappa shape index (κ2) is 9.40. The van der Waals surface area contributed by atoms with Gasteiger partial charge in [0.25, 0.3) is 0 Å². The van der Waals surface area contributed by atoms with E-state index in [4.69, 9.17) is 9.59 Å². The molecule has 0 aliphatic carbocycles. The van der Waals surface area contributed by atoms with E-state index in [-0.39, 0.29) is 11.9 Å². The van der Waals surface area contributed by atoms with Gasteiger partial charge in [-0.1, -0.05) is 0 Å². The summed E-state index contributed by atoms with van der Waals surface area (Å²) < 4.78 is 9.07. The lowest BCUT2D eigenvalue weighted by molar-refractivity contribution is -0.191. The SMILES string of the molecule is COC(OP)C(C)=O.O=C=O. The summed E-state index contributed by atoms with van der Waals surface area (Å²) in [4.78, 5) is 26.6. The summed E-state index contributed by atoms with van der Waals surface area (Å²) >= 11 is 0. The number of hydrogen-bond donors (Lipinski definition) is 0. The molecule has 0 saturated heterocycles. The van der Waals surface area contributed by atoms with Crippen molar-refractivity contribution in [3.8, 4) is 0 Å². The van der Waals surface area contributed by atoms with Gasteiger partial charge in [0.1, 0.15) is 0 Å². The third-order valence-corrected chi connectivity index (χ3v) is 0.917. The van der Waals surface area contributed by atoms with Crippen LogP contribution in [0.3, 0.4) is 0 Å². The molecule has 5 nitrogen and oxygen atoms in total. The molecule has 6 heteroatoms. The van der Waals surface area contributed by atoms with Crippen molar-refractivity contribution < 1.29 is 23.6 Å². The Balaban J connectivity index is 0. The van der Waals surface area contributed by atoms with Crippen LogP contribution in [0.5, 0.6) is 0 Å². The zero-order valence-electron chi connectivity index (χ0n) is 6.20. The Morgan fingerprint density at radius 1 is 1.55 bits per heavy atom. The zero-order valence-corrected chi connectivity index (χ0v) is 7.35. The minimum Gasteiger partial charge on any atom is -0.349 e. The summed E-state index contributed by atoms with van der Waals surface area (Å²) in [5.74, 6) is -0.137. The van der Waals surface area contributed by atoms with Crippen LogP contribution in [0.2, 0.25) is 0 Å². The number of Topliss-reactive ketones (excluding diaryl/α,β-unsaturated/α-hetero) is 1. The number of carbonyl (C=O) groups is 1. The first kappa shape index (κ1) is 13.0. The summed E-state index contributed by atoms with van der Waals surface area (Å²) in [5, 5.41) is 0. The van der Waals surface area contributed by atoms with Crippen LogP contribution in [0.25, 0.3) is 0 Å². The Bertz CT molecular complexity index is 136. The number of ketones is 1. The maximum atomic E-state index is 10.3. The Morgan fingerprint density at radius 3 is 1.91 bits per heavy atom. The van der Waals surface area contributed by atoms with Gasteiger partial charge in [-0.05, 0) is 6.92 Å². The summed E-state index contributed by atoms with van der Waals surface area (Å²) in [6.07, 6.45) is -0.472. The zero-order chi connectivity index (χ0) is 9.28. The fourth-order valence-electron chi connectivity index (χ4n) is 0.317. The summed E-state index contributed by atoms with van der Waals surface area (Å²) in [6.45, 7) is 1.40. The lowest BCUT2D eigenvalue weighted by atomic mass is 10.4. The van der Waals surface area contributed by atoms with Crippen LogP contribution in [0.4, 0.5) is 0 Å². The largest absolute Gasteiger partial charge is 0.373 e. The topological polar surface area (TPSA) is 69.7 Å². The van der Waals surface area contributed by atoms with Crippen molar-refractivity contribution in [1.82, 2.24) is 0 Å². The number of hydrogen-bond acceptors (Lipinski definition) is 5. The van der Waals surface area contributed by atoms with Crippen LogP contribution in [-0.2, 0) is 23.6 Å². The Hall–Kier alpha value is -0.600. The highest BCUT2D eigenvalue weighted by molar-refractivity contribution is 7.09. The van der Waals surface area contributed by atoms with Gasteiger partial charge in [-0.15, -0.1) is 0 Å². The van der Waals surface area contributed by atoms with Gasteiger partial charge in [0, 0.05) is 16.6 Å². The van der Waals surface area contributed by atoms with E-state index in [0.29, 0.717) is 0 Å². The molecule has 0 bridgehead atoms. The van der Waals surface area contributed by atoms with E-state index in [1.165, 1.54) is 14.0 Å². The number of carbonyl (C=O) groups excluding carboxylic acids is 3. The van der Waals surface area contributed by atoms with Crippen molar-refractivity contribution in [2.45, 2.75) is 13.2 Å². The second-order valence-electron chi connectivity index (χ2n) is 1.40. The molecule has 0 spiro atoms. The van der Waals surface area contributed by atoms with Gasteiger partial charge in [0.05, 0.1) is 0 Å². The van der Waals surface area contributed by atoms with Crippen molar-refractivity contribution in [3.05, 3.63) is 0 Å².